The molecule has 0 unspecified atom stereocenters. The molecule has 0 aliphatic carbocycles. The summed E-state index contributed by atoms with van der Waals surface area (Å²) >= 11 is 2.20. The van der Waals surface area contributed by atoms with Crippen LogP contribution in [0, 0.1) is 21.3 Å². The fourth-order valence-corrected chi connectivity index (χ4v) is 0.920. The van der Waals surface area contributed by atoms with Gasteiger partial charge in [-0.15, -0.1) is 0 Å². The minimum Gasteiger partial charge on any atom is -0.185 e. The topological polar surface area (TPSA) is 47.6 Å². The van der Waals surface area contributed by atoms with Crippen LogP contribution in [0.4, 0.5) is 0 Å². The SMILES string of the molecule is CC(SC#N)SC#N. The van der Waals surface area contributed by atoms with Crippen molar-refractivity contribution in [2.24, 2.45) is 0 Å². The maximum Gasteiger partial charge on any atom is 0.134 e. The number of nitriles is 2. The van der Waals surface area contributed by atoms with Gasteiger partial charge in [-0.05, 0) is 30.4 Å². The molecule has 0 rings (SSSR count). The molecule has 0 saturated carbocycles. The summed E-state index contributed by atoms with van der Waals surface area (Å²) in [6.07, 6.45) is 0. The van der Waals surface area contributed by atoms with Gasteiger partial charge < -0.3 is 0 Å². The first kappa shape index (κ1) is 7.68. The molecule has 42 valence electrons. The Morgan fingerprint density at radius 3 is 1.88 bits per heavy atom. The second-order valence-electron chi connectivity index (χ2n) is 0.986. The van der Waals surface area contributed by atoms with Crippen molar-refractivity contribution in [2.75, 3.05) is 0 Å². The summed E-state index contributed by atoms with van der Waals surface area (Å²) < 4.78 is 0.0741. The zero-order chi connectivity index (χ0) is 6.41. The van der Waals surface area contributed by atoms with Crippen LogP contribution in [0.3, 0.4) is 0 Å². The number of hydrogen-bond acceptors (Lipinski definition) is 4. The van der Waals surface area contributed by atoms with Gasteiger partial charge in [0.05, 0.1) is 4.58 Å². The van der Waals surface area contributed by atoms with Crippen molar-refractivity contribution in [1.82, 2.24) is 0 Å². The van der Waals surface area contributed by atoms with E-state index in [9.17, 15) is 0 Å². The molecule has 0 fully saturated rings. The molecule has 0 saturated heterocycles. The van der Waals surface area contributed by atoms with E-state index in [2.05, 4.69) is 0 Å². The zero-order valence-electron chi connectivity index (χ0n) is 4.29. The Bertz CT molecular complexity index is 116. The number of rotatable bonds is 2. The average molecular weight is 144 g/mol. The Hall–Kier alpha value is -0.320. The highest BCUT2D eigenvalue weighted by atomic mass is 32.2. The molecule has 0 N–H and O–H groups in total. The van der Waals surface area contributed by atoms with Gasteiger partial charge >= 0.3 is 0 Å². The second-order valence-corrected chi connectivity index (χ2v) is 3.54. The van der Waals surface area contributed by atoms with Crippen LogP contribution in [-0.4, -0.2) is 4.58 Å². The quantitative estimate of drug-likeness (QED) is 0.437. The molecular formula is C4H4N2S2. The van der Waals surface area contributed by atoms with Crippen LogP contribution in [0.2, 0.25) is 0 Å². The van der Waals surface area contributed by atoms with E-state index < -0.39 is 0 Å². The van der Waals surface area contributed by atoms with Crippen LogP contribution in [0.25, 0.3) is 0 Å². The van der Waals surface area contributed by atoms with Crippen LogP contribution >= 0.6 is 23.5 Å². The van der Waals surface area contributed by atoms with Crippen molar-refractivity contribution in [3.63, 3.8) is 0 Å². The maximum atomic E-state index is 8.05. The Labute approximate surface area is 56.9 Å². The van der Waals surface area contributed by atoms with E-state index in [4.69, 9.17) is 10.5 Å². The monoisotopic (exact) mass is 144 g/mol. The Kier molecular flexibility index (Phi) is 4.64. The third-order valence-corrected chi connectivity index (χ3v) is 1.89. The van der Waals surface area contributed by atoms with Crippen molar-refractivity contribution < 1.29 is 0 Å². The normalized spacial score (nSPS) is 8.00. The van der Waals surface area contributed by atoms with Crippen LogP contribution in [-0.2, 0) is 0 Å². The molecule has 0 heterocycles. The molecule has 0 radical (unpaired) electrons. The number of nitrogens with zero attached hydrogens (tertiary/aromatic N) is 2. The molecule has 4 heteroatoms. The fourth-order valence-electron chi connectivity index (χ4n) is 0.172. The lowest BCUT2D eigenvalue weighted by atomic mass is 11.0. The molecule has 2 nitrogen and oxygen atoms in total. The summed E-state index contributed by atoms with van der Waals surface area (Å²) in [5, 5.41) is 19.9. The molecule has 0 aromatic carbocycles. The van der Waals surface area contributed by atoms with Gasteiger partial charge in [0.15, 0.2) is 0 Å². The lowest BCUT2D eigenvalue weighted by molar-refractivity contribution is 1.43. The fraction of sp³-hybridized carbons (Fsp3) is 0.500. The second kappa shape index (κ2) is 4.83. The van der Waals surface area contributed by atoms with Crippen LogP contribution in [0.1, 0.15) is 6.92 Å². The highest BCUT2D eigenvalue weighted by Gasteiger charge is 1.98. The zero-order valence-corrected chi connectivity index (χ0v) is 5.92. The van der Waals surface area contributed by atoms with E-state index in [1.165, 1.54) is 0 Å². The first-order chi connectivity index (χ1) is 3.81. The van der Waals surface area contributed by atoms with Gasteiger partial charge in [-0.2, -0.15) is 10.5 Å². The number of hydrogen-bond donors (Lipinski definition) is 0. The summed E-state index contributed by atoms with van der Waals surface area (Å²) in [6, 6.07) is 0. The molecule has 0 amide bonds. The van der Waals surface area contributed by atoms with Crippen molar-refractivity contribution in [1.29, 1.82) is 10.5 Å². The number of thioether (sulfide) groups is 2. The highest BCUT2D eigenvalue weighted by molar-refractivity contribution is 8.20. The largest absolute Gasteiger partial charge is 0.185 e. The summed E-state index contributed by atoms with van der Waals surface area (Å²) in [5.41, 5.74) is 0. The van der Waals surface area contributed by atoms with Gasteiger partial charge in [-0.1, -0.05) is 0 Å². The Morgan fingerprint density at radius 2 is 1.62 bits per heavy atom. The van der Waals surface area contributed by atoms with E-state index in [1.54, 1.807) is 0 Å². The minimum absolute atomic E-state index is 0.0741. The third-order valence-electron chi connectivity index (χ3n) is 0.437. The summed E-state index contributed by atoms with van der Waals surface area (Å²) in [6.45, 7) is 1.82. The molecule has 8 heavy (non-hydrogen) atoms. The van der Waals surface area contributed by atoms with E-state index in [0.717, 1.165) is 23.5 Å². The van der Waals surface area contributed by atoms with Gasteiger partial charge in [0.1, 0.15) is 10.8 Å². The van der Waals surface area contributed by atoms with Crippen molar-refractivity contribution in [3.05, 3.63) is 0 Å². The van der Waals surface area contributed by atoms with Gasteiger partial charge in [0, 0.05) is 0 Å². The van der Waals surface area contributed by atoms with Crippen LogP contribution < -0.4 is 0 Å². The van der Waals surface area contributed by atoms with Gasteiger partial charge in [-0.25, -0.2) is 0 Å². The van der Waals surface area contributed by atoms with E-state index >= 15 is 0 Å². The standard InChI is InChI=1S/C4H4N2S2/c1-4(7-2-5)8-3-6/h4H,1H3. The predicted octanol–water partition coefficient (Wildman–Crippen LogP) is 1.76. The predicted molar refractivity (Wildman–Crippen MR) is 35.9 cm³/mol. The first-order valence-electron chi connectivity index (χ1n) is 1.90. The Morgan fingerprint density at radius 1 is 1.25 bits per heavy atom. The average Bonchev–Trinajstić information content (AvgIpc) is 1.68. The molecular weight excluding hydrogens is 140 g/mol. The lowest BCUT2D eigenvalue weighted by Gasteiger charge is -1.92. The van der Waals surface area contributed by atoms with Crippen molar-refractivity contribution in [3.8, 4) is 10.8 Å². The molecule has 0 aromatic rings. The lowest BCUT2D eigenvalue weighted by Crippen LogP contribution is -1.80. The smallest absolute Gasteiger partial charge is 0.134 e. The first-order valence-corrected chi connectivity index (χ1v) is 3.66. The van der Waals surface area contributed by atoms with Crippen LogP contribution in [0.15, 0.2) is 0 Å². The molecule has 0 spiro atoms. The minimum atomic E-state index is 0.0741. The number of thiocyanates is 2. The molecule has 0 aliphatic heterocycles. The van der Waals surface area contributed by atoms with E-state index in [1.807, 2.05) is 17.7 Å². The highest BCUT2D eigenvalue weighted by Crippen LogP contribution is 2.19. The van der Waals surface area contributed by atoms with Gasteiger partial charge in [0.25, 0.3) is 0 Å². The van der Waals surface area contributed by atoms with Crippen LogP contribution in [0.5, 0.6) is 0 Å². The summed E-state index contributed by atoms with van der Waals surface area (Å²) in [4.78, 5) is 0. The summed E-state index contributed by atoms with van der Waals surface area (Å²) in [5.74, 6) is 0. The maximum absolute atomic E-state index is 8.05. The molecule has 0 aliphatic rings. The van der Waals surface area contributed by atoms with Gasteiger partial charge in [0.2, 0.25) is 0 Å². The third kappa shape index (κ3) is 3.86. The molecule has 0 aromatic heterocycles. The van der Waals surface area contributed by atoms with Crippen molar-refractivity contribution in [2.45, 2.75) is 11.5 Å². The summed E-state index contributed by atoms with van der Waals surface area (Å²) in [7, 11) is 0. The van der Waals surface area contributed by atoms with E-state index in [0.29, 0.717) is 0 Å². The Balaban J connectivity index is 3.25. The van der Waals surface area contributed by atoms with E-state index in [-0.39, 0.29) is 4.58 Å². The van der Waals surface area contributed by atoms with Gasteiger partial charge in [-0.3, -0.25) is 0 Å². The molecule has 0 atom stereocenters. The van der Waals surface area contributed by atoms with Crippen molar-refractivity contribution >= 4 is 23.5 Å². The molecule has 0 bridgehead atoms.